The van der Waals surface area contributed by atoms with Crippen LogP contribution in [0, 0.1) is 18.2 Å². The maximum atomic E-state index is 14.9. The van der Waals surface area contributed by atoms with Gasteiger partial charge in [0.25, 0.3) is 0 Å². The standard InChI is InChI=1S/C22H24BFO4/c1-7-9-18(25)26-14(2)19-17(24)13-12-15-10-8-11-16(20(15)19)23-27-21(3,4)22(5,6)28-23/h1,8,10-14H,9H2,2-6H3. The monoisotopic (exact) mass is 382 g/mol. The zero-order valence-electron chi connectivity index (χ0n) is 16.8. The van der Waals surface area contributed by atoms with Crippen molar-refractivity contribution in [2.75, 3.05) is 0 Å². The third kappa shape index (κ3) is 3.53. The summed E-state index contributed by atoms with van der Waals surface area (Å²) in [6.07, 6.45) is 4.19. The van der Waals surface area contributed by atoms with Crippen molar-refractivity contribution in [1.29, 1.82) is 0 Å². The number of ether oxygens (including phenoxy) is 1. The number of esters is 1. The Morgan fingerprint density at radius 1 is 1.21 bits per heavy atom. The van der Waals surface area contributed by atoms with Gasteiger partial charge in [-0.2, -0.15) is 0 Å². The van der Waals surface area contributed by atoms with Gasteiger partial charge in [0.1, 0.15) is 18.3 Å². The number of halogens is 1. The Hall–Kier alpha value is -2.36. The van der Waals surface area contributed by atoms with Crippen LogP contribution in [-0.4, -0.2) is 24.3 Å². The van der Waals surface area contributed by atoms with E-state index in [1.165, 1.54) is 6.07 Å². The van der Waals surface area contributed by atoms with Crippen LogP contribution in [0.3, 0.4) is 0 Å². The number of rotatable bonds is 4. The molecular weight excluding hydrogens is 358 g/mol. The first-order valence-corrected chi connectivity index (χ1v) is 9.27. The predicted octanol–water partition coefficient (Wildman–Crippen LogP) is 3.91. The number of terminal acetylenes is 1. The molecule has 0 spiro atoms. The Balaban J connectivity index is 2.12. The zero-order valence-corrected chi connectivity index (χ0v) is 16.8. The minimum Gasteiger partial charge on any atom is -0.457 e. The quantitative estimate of drug-likeness (QED) is 0.457. The number of hydrogen-bond donors (Lipinski definition) is 0. The van der Waals surface area contributed by atoms with Gasteiger partial charge in [-0.15, -0.1) is 6.42 Å². The fourth-order valence-electron chi connectivity index (χ4n) is 3.36. The fourth-order valence-corrected chi connectivity index (χ4v) is 3.36. The van der Waals surface area contributed by atoms with E-state index in [4.69, 9.17) is 20.5 Å². The third-order valence-electron chi connectivity index (χ3n) is 5.53. The lowest BCUT2D eigenvalue weighted by molar-refractivity contribution is -0.147. The van der Waals surface area contributed by atoms with Crippen molar-refractivity contribution in [3.05, 3.63) is 41.7 Å². The average Bonchev–Trinajstić information content (AvgIpc) is 2.81. The lowest BCUT2D eigenvalue weighted by Gasteiger charge is -2.32. The van der Waals surface area contributed by atoms with E-state index in [0.29, 0.717) is 10.8 Å². The predicted molar refractivity (Wildman–Crippen MR) is 108 cm³/mol. The summed E-state index contributed by atoms with van der Waals surface area (Å²) in [5.74, 6) is 1.21. The van der Waals surface area contributed by atoms with Crippen molar-refractivity contribution in [3.8, 4) is 12.3 Å². The normalized spacial score (nSPS) is 18.7. The second kappa shape index (κ2) is 7.23. The highest BCUT2D eigenvalue weighted by molar-refractivity contribution is 6.65. The smallest absolute Gasteiger partial charge is 0.457 e. The molecule has 0 N–H and O–H groups in total. The van der Waals surface area contributed by atoms with Crippen molar-refractivity contribution in [1.82, 2.24) is 0 Å². The molecule has 28 heavy (non-hydrogen) atoms. The Morgan fingerprint density at radius 3 is 2.46 bits per heavy atom. The van der Waals surface area contributed by atoms with Gasteiger partial charge in [-0.05, 0) is 56.9 Å². The van der Waals surface area contributed by atoms with Gasteiger partial charge < -0.3 is 14.0 Å². The zero-order chi connectivity index (χ0) is 20.7. The maximum absolute atomic E-state index is 14.9. The lowest BCUT2D eigenvalue weighted by atomic mass is 9.74. The molecule has 1 fully saturated rings. The van der Waals surface area contributed by atoms with Crippen LogP contribution in [0.15, 0.2) is 30.3 Å². The van der Waals surface area contributed by atoms with E-state index in [1.54, 1.807) is 13.0 Å². The van der Waals surface area contributed by atoms with Crippen LogP contribution >= 0.6 is 0 Å². The Labute approximate surface area is 165 Å². The van der Waals surface area contributed by atoms with Crippen LogP contribution in [0.5, 0.6) is 0 Å². The van der Waals surface area contributed by atoms with E-state index >= 15 is 0 Å². The molecule has 1 aliphatic rings. The van der Waals surface area contributed by atoms with Gasteiger partial charge in [-0.3, -0.25) is 4.79 Å². The van der Waals surface area contributed by atoms with Gasteiger partial charge in [0, 0.05) is 5.56 Å². The van der Waals surface area contributed by atoms with Gasteiger partial charge in [-0.25, -0.2) is 4.39 Å². The summed E-state index contributed by atoms with van der Waals surface area (Å²) < 4.78 is 32.6. The molecule has 146 valence electrons. The van der Waals surface area contributed by atoms with E-state index in [9.17, 15) is 9.18 Å². The summed E-state index contributed by atoms with van der Waals surface area (Å²) in [5.41, 5.74) is -0.0742. The molecule has 1 aliphatic heterocycles. The lowest BCUT2D eigenvalue weighted by Crippen LogP contribution is -2.41. The highest BCUT2D eigenvalue weighted by atomic mass is 19.1. The van der Waals surface area contributed by atoms with E-state index < -0.39 is 36.2 Å². The van der Waals surface area contributed by atoms with Gasteiger partial charge in [0.2, 0.25) is 0 Å². The average molecular weight is 382 g/mol. The Kier molecular flexibility index (Phi) is 5.27. The summed E-state index contributed by atoms with van der Waals surface area (Å²) in [6.45, 7) is 9.48. The molecule has 1 atom stereocenters. The molecule has 3 rings (SSSR count). The maximum Gasteiger partial charge on any atom is 0.495 e. The van der Waals surface area contributed by atoms with Gasteiger partial charge >= 0.3 is 13.1 Å². The molecule has 0 aromatic heterocycles. The highest BCUT2D eigenvalue weighted by Crippen LogP contribution is 2.38. The van der Waals surface area contributed by atoms with Gasteiger partial charge in [-0.1, -0.05) is 30.2 Å². The van der Waals surface area contributed by atoms with Crippen molar-refractivity contribution in [2.45, 2.75) is 58.3 Å². The minimum atomic E-state index is -0.812. The molecule has 1 saturated heterocycles. The summed E-state index contributed by atoms with van der Waals surface area (Å²) in [5, 5.41) is 1.44. The highest BCUT2D eigenvalue weighted by Gasteiger charge is 2.52. The fraction of sp³-hybridized carbons (Fsp3) is 0.409. The van der Waals surface area contributed by atoms with Crippen LogP contribution in [0.2, 0.25) is 0 Å². The van der Waals surface area contributed by atoms with Crippen LogP contribution < -0.4 is 5.46 Å². The number of carbonyl (C=O) groups excluding carboxylic acids is 1. The SMILES string of the molecule is C#CCC(=O)OC(C)c1c(F)ccc2cccc(B3OC(C)(C)C(C)(C)O3)c12. The first-order valence-electron chi connectivity index (χ1n) is 9.27. The van der Waals surface area contributed by atoms with Crippen LogP contribution in [-0.2, 0) is 18.8 Å². The summed E-state index contributed by atoms with van der Waals surface area (Å²) in [7, 11) is -0.664. The second-order valence-electron chi connectivity index (χ2n) is 8.01. The Morgan fingerprint density at radius 2 is 1.86 bits per heavy atom. The van der Waals surface area contributed by atoms with Crippen LogP contribution in [0.1, 0.15) is 52.7 Å². The molecule has 2 aromatic rings. The molecule has 4 nitrogen and oxygen atoms in total. The van der Waals surface area contributed by atoms with E-state index in [1.807, 2.05) is 45.9 Å². The first kappa shape index (κ1) is 20.4. The van der Waals surface area contributed by atoms with Crippen molar-refractivity contribution in [2.24, 2.45) is 0 Å². The molecule has 0 radical (unpaired) electrons. The summed E-state index contributed by atoms with van der Waals surface area (Å²) >= 11 is 0. The third-order valence-corrected chi connectivity index (χ3v) is 5.53. The molecule has 6 heteroatoms. The number of benzene rings is 2. The molecule has 0 aliphatic carbocycles. The van der Waals surface area contributed by atoms with Gasteiger partial charge in [0.05, 0.1) is 11.2 Å². The molecule has 0 saturated carbocycles. The van der Waals surface area contributed by atoms with Crippen LogP contribution in [0.4, 0.5) is 4.39 Å². The number of hydrogen-bond acceptors (Lipinski definition) is 4. The molecule has 0 amide bonds. The molecule has 0 bridgehead atoms. The topological polar surface area (TPSA) is 44.8 Å². The largest absolute Gasteiger partial charge is 0.495 e. The summed E-state index contributed by atoms with van der Waals surface area (Å²) in [4.78, 5) is 11.8. The van der Waals surface area contributed by atoms with Crippen molar-refractivity contribution < 1.29 is 23.2 Å². The molecular formula is C22H24BFO4. The van der Waals surface area contributed by atoms with Crippen molar-refractivity contribution in [3.63, 3.8) is 0 Å². The molecule has 2 aromatic carbocycles. The van der Waals surface area contributed by atoms with E-state index in [-0.39, 0.29) is 12.0 Å². The Bertz CT molecular complexity index is 945. The minimum absolute atomic E-state index is 0.166. The summed E-state index contributed by atoms with van der Waals surface area (Å²) in [6, 6.07) is 8.67. The first-order chi connectivity index (χ1) is 13.1. The van der Waals surface area contributed by atoms with Crippen LogP contribution in [0.25, 0.3) is 10.8 Å². The van der Waals surface area contributed by atoms with Crippen molar-refractivity contribution >= 4 is 29.3 Å². The number of carbonyl (C=O) groups is 1. The number of fused-ring (bicyclic) bond motifs is 1. The van der Waals surface area contributed by atoms with E-state index in [2.05, 4.69) is 5.92 Å². The molecule has 1 heterocycles. The van der Waals surface area contributed by atoms with E-state index in [0.717, 1.165) is 5.39 Å². The molecule has 1 unspecified atom stereocenters. The second-order valence-corrected chi connectivity index (χ2v) is 8.01. The van der Waals surface area contributed by atoms with Gasteiger partial charge in [0.15, 0.2) is 0 Å².